The second-order valence-electron chi connectivity index (χ2n) is 4.25. The Bertz CT molecular complexity index is 390. The third-order valence-corrected chi connectivity index (χ3v) is 2.97. The van der Waals surface area contributed by atoms with Crippen LogP contribution in [0.15, 0.2) is 4.52 Å². The zero-order chi connectivity index (χ0) is 11.7. The number of carbonyl (C=O) groups is 1. The highest BCUT2D eigenvalue weighted by molar-refractivity contribution is 5.74. The maximum atomic E-state index is 11.1. The van der Waals surface area contributed by atoms with E-state index in [4.69, 9.17) is 9.63 Å². The Morgan fingerprint density at radius 3 is 3.00 bits per heavy atom. The molecule has 0 amide bonds. The third kappa shape index (κ3) is 2.06. The Balaban J connectivity index is 2.07. The summed E-state index contributed by atoms with van der Waals surface area (Å²) < 4.78 is 4.99. The molecule has 1 aliphatic heterocycles. The molecule has 1 N–H and O–H groups in total. The van der Waals surface area contributed by atoms with E-state index in [0.29, 0.717) is 18.3 Å². The first-order valence-electron chi connectivity index (χ1n) is 5.34. The van der Waals surface area contributed by atoms with E-state index in [9.17, 15) is 4.79 Å². The van der Waals surface area contributed by atoms with Crippen LogP contribution in [0.1, 0.15) is 25.1 Å². The summed E-state index contributed by atoms with van der Waals surface area (Å²) in [6.45, 7) is 4.88. The van der Waals surface area contributed by atoms with E-state index >= 15 is 0 Å². The number of aryl methyl sites for hydroxylation is 1. The quantitative estimate of drug-likeness (QED) is 0.814. The van der Waals surface area contributed by atoms with Crippen LogP contribution in [0.4, 0.5) is 0 Å². The second kappa shape index (κ2) is 4.21. The molecule has 2 rings (SSSR count). The van der Waals surface area contributed by atoms with Crippen LogP contribution in [0.2, 0.25) is 0 Å². The smallest absolute Gasteiger partial charge is 0.321 e. The molecule has 0 saturated carbocycles. The molecule has 0 radical (unpaired) electrons. The van der Waals surface area contributed by atoms with E-state index in [2.05, 4.69) is 10.1 Å². The second-order valence-corrected chi connectivity index (χ2v) is 4.25. The van der Waals surface area contributed by atoms with Crippen LogP contribution in [0.5, 0.6) is 0 Å². The molecule has 1 saturated heterocycles. The van der Waals surface area contributed by atoms with Gasteiger partial charge in [0.1, 0.15) is 6.04 Å². The largest absolute Gasteiger partial charge is 0.480 e. The van der Waals surface area contributed by atoms with Gasteiger partial charge in [-0.25, -0.2) is 0 Å². The first kappa shape index (κ1) is 11.1. The number of carboxylic acids is 1. The number of rotatable bonds is 3. The number of nitrogens with zero attached hydrogens (tertiary/aromatic N) is 3. The van der Waals surface area contributed by atoms with Crippen LogP contribution >= 0.6 is 0 Å². The molecule has 6 heteroatoms. The lowest BCUT2D eigenvalue weighted by molar-refractivity contribution is -0.143. The van der Waals surface area contributed by atoms with Crippen molar-refractivity contribution in [3.63, 3.8) is 0 Å². The molecule has 0 aromatic carbocycles. The highest BCUT2D eigenvalue weighted by Gasteiger charge is 2.37. The summed E-state index contributed by atoms with van der Waals surface area (Å²) in [6.07, 6.45) is 0.893. The van der Waals surface area contributed by atoms with Gasteiger partial charge in [-0.2, -0.15) is 4.98 Å². The summed E-state index contributed by atoms with van der Waals surface area (Å²) >= 11 is 0. The fourth-order valence-corrected chi connectivity index (χ4v) is 2.18. The molecule has 2 unspecified atom stereocenters. The van der Waals surface area contributed by atoms with Gasteiger partial charge in [-0.3, -0.25) is 9.69 Å². The van der Waals surface area contributed by atoms with E-state index in [1.165, 1.54) is 0 Å². The molecular formula is C10H15N3O3. The average molecular weight is 225 g/mol. The van der Waals surface area contributed by atoms with E-state index in [1.807, 2.05) is 11.8 Å². The van der Waals surface area contributed by atoms with Crippen molar-refractivity contribution in [1.82, 2.24) is 15.0 Å². The van der Waals surface area contributed by atoms with E-state index in [0.717, 1.165) is 13.0 Å². The van der Waals surface area contributed by atoms with Crippen molar-refractivity contribution in [2.45, 2.75) is 32.9 Å². The first-order valence-corrected chi connectivity index (χ1v) is 5.34. The summed E-state index contributed by atoms with van der Waals surface area (Å²) in [5, 5.41) is 12.8. The zero-order valence-electron chi connectivity index (χ0n) is 9.38. The van der Waals surface area contributed by atoms with Gasteiger partial charge in [0, 0.05) is 0 Å². The summed E-state index contributed by atoms with van der Waals surface area (Å²) in [4.78, 5) is 17.1. The van der Waals surface area contributed by atoms with Crippen molar-refractivity contribution in [3.8, 4) is 0 Å². The number of likely N-dealkylation sites (tertiary alicyclic amines) is 1. The van der Waals surface area contributed by atoms with Crippen LogP contribution in [0.25, 0.3) is 0 Å². The molecule has 16 heavy (non-hydrogen) atoms. The summed E-state index contributed by atoms with van der Waals surface area (Å²) in [5.41, 5.74) is 0. The molecule has 1 aromatic rings. The number of hydrogen-bond acceptors (Lipinski definition) is 5. The fourth-order valence-electron chi connectivity index (χ4n) is 2.18. The minimum atomic E-state index is -0.777. The van der Waals surface area contributed by atoms with Gasteiger partial charge in [-0.05, 0) is 25.8 Å². The Labute approximate surface area is 93.2 Å². The molecule has 1 fully saturated rings. The predicted octanol–water partition coefficient (Wildman–Crippen LogP) is 0.673. The Morgan fingerprint density at radius 1 is 1.69 bits per heavy atom. The van der Waals surface area contributed by atoms with Crippen molar-refractivity contribution in [2.75, 3.05) is 6.54 Å². The molecule has 0 aliphatic carbocycles. The molecular weight excluding hydrogens is 210 g/mol. The van der Waals surface area contributed by atoms with E-state index in [-0.39, 0.29) is 5.92 Å². The Morgan fingerprint density at radius 2 is 2.44 bits per heavy atom. The van der Waals surface area contributed by atoms with Crippen molar-refractivity contribution in [1.29, 1.82) is 0 Å². The van der Waals surface area contributed by atoms with Crippen LogP contribution in [0.3, 0.4) is 0 Å². The maximum absolute atomic E-state index is 11.1. The minimum absolute atomic E-state index is 0.168. The van der Waals surface area contributed by atoms with E-state index < -0.39 is 12.0 Å². The standard InChI is InChI=1S/C10H15N3O3/c1-6-3-4-13(9(6)10(14)15)5-8-11-7(2)12-16-8/h6,9H,3-5H2,1-2H3,(H,14,15). The molecule has 0 bridgehead atoms. The van der Waals surface area contributed by atoms with Gasteiger partial charge in [-0.15, -0.1) is 0 Å². The molecule has 0 spiro atoms. The lowest BCUT2D eigenvalue weighted by Gasteiger charge is -2.20. The molecule has 88 valence electrons. The van der Waals surface area contributed by atoms with Crippen LogP contribution in [0, 0.1) is 12.8 Å². The zero-order valence-corrected chi connectivity index (χ0v) is 9.38. The van der Waals surface area contributed by atoms with Gasteiger partial charge < -0.3 is 9.63 Å². The van der Waals surface area contributed by atoms with Crippen molar-refractivity contribution in [3.05, 3.63) is 11.7 Å². The SMILES string of the molecule is Cc1noc(CN2CCC(C)C2C(=O)O)n1. The van der Waals surface area contributed by atoms with Gasteiger partial charge in [0.05, 0.1) is 6.54 Å². The molecule has 2 atom stereocenters. The lowest BCUT2D eigenvalue weighted by Crippen LogP contribution is -2.38. The molecule has 1 aliphatic rings. The molecule has 1 aromatic heterocycles. The highest BCUT2D eigenvalue weighted by Crippen LogP contribution is 2.25. The predicted molar refractivity (Wildman–Crippen MR) is 54.6 cm³/mol. The lowest BCUT2D eigenvalue weighted by atomic mass is 10.0. The third-order valence-electron chi connectivity index (χ3n) is 2.97. The van der Waals surface area contributed by atoms with Crippen LogP contribution in [-0.2, 0) is 11.3 Å². The molecule has 6 nitrogen and oxygen atoms in total. The van der Waals surface area contributed by atoms with Gasteiger partial charge in [-0.1, -0.05) is 12.1 Å². The summed E-state index contributed by atoms with van der Waals surface area (Å²) in [6, 6.07) is -0.438. The van der Waals surface area contributed by atoms with Gasteiger partial charge in [0.15, 0.2) is 5.82 Å². The average Bonchev–Trinajstić information content (AvgIpc) is 2.74. The number of carboxylic acid groups (broad SMARTS) is 1. The molecule has 2 heterocycles. The van der Waals surface area contributed by atoms with Crippen LogP contribution in [-0.4, -0.2) is 38.7 Å². The van der Waals surface area contributed by atoms with Crippen molar-refractivity contribution in [2.24, 2.45) is 5.92 Å². The summed E-state index contributed by atoms with van der Waals surface area (Å²) in [5.74, 6) is 0.453. The summed E-state index contributed by atoms with van der Waals surface area (Å²) in [7, 11) is 0. The van der Waals surface area contributed by atoms with Gasteiger partial charge >= 0.3 is 5.97 Å². The number of hydrogen-bond donors (Lipinski definition) is 1. The number of aromatic nitrogens is 2. The van der Waals surface area contributed by atoms with Gasteiger partial charge in [0.25, 0.3) is 0 Å². The highest BCUT2D eigenvalue weighted by atomic mass is 16.5. The number of aliphatic carboxylic acids is 1. The monoisotopic (exact) mass is 225 g/mol. The normalized spacial score (nSPS) is 26.1. The maximum Gasteiger partial charge on any atom is 0.321 e. The van der Waals surface area contributed by atoms with Crippen molar-refractivity contribution >= 4 is 5.97 Å². The topological polar surface area (TPSA) is 79.5 Å². The first-order chi connectivity index (χ1) is 7.58. The minimum Gasteiger partial charge on any atom is -0.480 e. The van der Waals surface area contributed by atoms with Crippen LogP contribution < -0.4 is 0 Å². The van der Waals surface area contributed by atoms with Gasteiger partial charge in [0.2, 0.25) is 5.89 Å². The Hall–Kier alpha value is -1.43. The van der Waals surface area contributed by atoms with Crippen molar-refractivity contribution < 1.29 is 14.4 Å². The Kier molecular flexibility index (Phi) is 2.91. The fraction of sp³-hybridized carbons (Fsp3) is 0.700. The van der Waals surface area contributed by atoms with E-state index in [1.54, 1.807) is 6.92 Å².